The van der Waals surface area contributed by atoms with Crippen LogP contribution in [0.15, 0.2) is 17.0 Å². The topological polar surface area (TPSA) is 61.8 Å². The van der Waals surface area contributed by atoms with Crippen molar-refractivity contribution in [3.05, 3.63) is 12.1 Å². The Hall–Kier alpha value is -1.50. The molecule has 0 aliphatic carbocycles. The lowest BCUT2D eigenvalue weighted by Crippen LogP contribution is -2.02. The summed E-state index contributed by atoms with van der Waals surface area (Å²) < 4.78 is 49.5. The molecule has 90 valence electrons. The molecule has 7 heteroatoms. The minimum absolute atomic E-state index is 0.111. The summed E-state index contributed by atoms with van der Waals surface area (Å²) in [6.45, 7) is 0. The highest BCUT2D eigenvalue weighted by Gasteiger charge is 2.27. The van der Waals surface area contributed by atoms with Crippen molar-refractivity contribution in [2.75, 3.05) is 21.3 Å². The van der Waals surface area contributed by atoms with Crippen LogP contribution in [0, 0.1) is 0 Å². The molecular formula is C9H11FO5S. The third-order valence-electron chi connectivity index (χ3n) is 1.93. The van der Waals surface area contributed by atoms with E-state index < -0.39 is 15.1 Å². The van der Waals surface area contributed by atoms with E-state index in [1.807, 2.05) is 0 Å². The van der Waals surface area contributed by atoms with Crippen LogP contribution in [0.25, 0.3) is 0 Å². The zero-order chi connectivity index (χ0) is 12.3. The Labute approximate surface area is 93.0 Å². The fourth-order valence-electron chi connectivity index (χ4n) is 1.27. The van der Waals surface area contributed by atoms with Gasteiger partial charge in [0.2, 0.25) is 0 Å². The van der Waals surface area contributed by atoms with E-state index >= 15 is 0 Å². The minimum atomic E-state index is -4.95. The van der Waals surface area contributed by atoms with Crippen molar-refractivity contribution >= 4 is 10.2 Å². The Bertz CT molecular complexity index is 483. The van der Waals surface area contributed by atoms with Crippen LogP contribution in [0.5, 0.6) is 17.2 Å². The van der Waals surface area contributed by atoms with Gasteiger partial charge in [0.15, 0.2) is 16.4 Å². The van der Waals surface area contributed by atoms with Crippen molar-refractivity contribution in [2.45, 2.75) is 4.90 Å². The molecule has 1 aromatic rings. The molecular weight excluding hydrogens is 239 g/mol. The van der Waals surface area contributed by atoms with Gasteiger partial charge in [-0.1, -0.05) is 0 Å². The molecule has 0 spiro atoms. The van der Waals surface area contributed by atoms with Gasteiger partial charge in [-0.15, -0.1) is 3.89 Å². The van der Waals surface area contributed by atoms with Crippen LogP contribution in [0.3, 0.4) is 0 Å². The molecule has 0 radical (unpaired) electrons. The molecule has 0 saturated heterocycles. The Morgan fingerprint density at radius 3 is 1.88 bits per heavy atom. The highest BCUT2D eigenvalue weighted by Crippen LogP contribution is 2.41. The van der Waals surface area contributed by atoms with Crippen molar-refractivity contribution in [3.8, 4) is 17.2 Å². The predicted octanol–water partition coefficient (Wildman–Crippen LogP) is 1.37. The molecule has 5 nitrogen and oxygen atoms in total. The fraction of sp³-hybridized carbons (Fsp3) is 0.333. The first kappa shape index (κ1) is 12.6. The van der Waals surface area contributed by atoms with Gasteiger partial charge in [0, 0.05) is 0 Å². The van der Waals surface area contributed by atoms with Crippen LogP contribution in [-0.4, -0.2) is 29.7 Å². The fourth-order valence-corrected chi connectivity index (χ4v) is 2.07. The number of halogens is 1. The summed E-state index contributed by atoms with van der Waals surface area (Å²) in [7, 11) is -1.19. The van der Waals surface area contributed by atoms with Crippen molar-refractivity contribution < 1.29 is 26.5 Å². The van der Waals surface area contributed by atoms with Crippen LogP contribution in [0.4, 0.5) is 3.89 Å². The summed E-state index contributed by atoms with van der Waals surface area (Å²) in [5, 5.41) is 0. The first-order valence-electron chi connectivity index (χ1n) is 4.19. The molecule has 0 saturated carbocycles. The molecule has 0 aliphatic heterocycles. The maximum atomic E-state index is 13.1. The molecule has 0 bridgehead atoms. The molecule has 0 fully saturated rings. The van der Waals surface area contributed by atoms with Gasteiger partial charge < -0.3 is 14.2 Å². The van der Waals surface area contributed by atoms with Crippen LogP contribution in [0.2, 0.25) is 0 Å². The van der Waals surface area contributed by atoms with Gasteiger partial charge in [-0.25, -0.2) is 0 Å². The lowest BCUT2D eigenvalue weighted by atomic mass is 10.3. The standard InChI is InChI=1S/C9H11FO5S/c1-13-6-4-5-7(14-2)9(8(6)15-3)16(10,11)12/h4-5H,1-3H3. The van der Waals surface area contributed by atoms with Crippen molar-refractivity contribution in [1.29, 1.82) is 0 Å². The normalized spacial score (nSPS) is 11.0. The highest BCUT2D eigenvalue weighted by atomic mass is 32.3. The Morgan fingerprint density at radius 1 is 1.00 bits per heavy atom. The Balaban J connectivity index is 3.63. The van der Waals surface area contributed by atoms with E-state index in [9.17, 15) is 12.3 Å². The lowest BCUT2D eigenvalue weighted by molar-refractivity contribution is 0.334. The van der Waals surface area contributed by atoms with Crippen LogP contribution in [0.1, 0.15) is 0 Å². The molecule has 1 rings (SSSR count). The second-order valence-electron chi connectivity index (χ2n) is 2.77. The number of ether oxygens (including phenoxy) is 3. The monoisotopic (exact) mass is 250 g/mol. The molecule has 0 amide bonds. The number of hydrogen-bond donors (Lipinski definition) is 0. The summed E-state index contributed by atoms with van der Waals surface area (Å²) in [5.74, 6) is -0.246. The molecule has 0 N–H and O–H groups in total. The first-order valence-corrected chi connectivity index (χ1v) is 5.57. The molecule has 1 aromatic carbocycles. The summed E-state index contributed by atoms with van der Waals surface area (Å²) in [6, 6.07) is 2.71. The number of methoxy groups -OCH3 is 3. The van der Waals surface area contributed by atoms with E-state index in [4.69, 9.17) is 14.2 Å². The number of rotatable bonds is 4. The van der Waals surface area contributed by atoms with Crippen molar-refractivity contribution in [3.63, 3.8) is 0 Å². The lowest BCUT2D eigenvalue weighted by Gasteiger charge is -2.13. The maximum Gasteiger partial charge on any atom is 0.339 e. The molecule has 16 heavy (non-hydrogen) atoms. The van der Waals surface area contributed by atoms with Crippen molar-refractivity contribution in [2.24, 2.45) is 0 Å². The van der Waals surface area contributed by atoms with Crippen molar-refractivity contribution in [1.82, 2.24) is 0 Å². The first-order chi connectivity index (χ1) is 7.45. The SMILES string of the molecule is COc1ccc(OC)c(S(=O)(=O)F)c1OC. The van der Waals surface area contributed by atoms with Gasteiger partial charge in [0.25, 0.3) is 0 Å². The second kappa shape index (κ2) is 4.56. The van der Waals surface area contributed by atoms with E-state index in [-0.39, 0.29) is 17.2 Å². The molecule has 0 atom stereocenters. The quantitative estimate of drug-likeness (QED) is 0.755. The smallest absolute Gasteiger partial charge is 0.339 e. The number of benzene rings is 1. The van der Waals surface area contributed by atoms with Gasteiger partial charge in [-0.05, 0) is 12.1 Å². The Morgan fingerprint density at radius 2 is 1.50 bits per heavy atom. The Kier molecular flexibility index (Phi) is 3.58. The van der Waals surface area contributed by atoms with E-state index in [0.717, 1.165) is 0 Å². The zero-order valence-electron chi connectivity index (χ0n) is 8.98. The third-order valence-corrected chi connectivity index (χ3v) is 2.80. The second-order valence-corrected chi connectivity index (χ2v) is 4.05. The summed E-state index contributed by atoms with van der Waals surface area (Å²) in [6.07, 6.45) is 0. The van der Waals surface area contributed by atoms with Gasteiger partial charge in [0.1, 0.15) is 5.75 Å². The third kappa shape index (κ3) is 2.19. The average molecular weight is 250 g/mol. The van der Waals surface area contributed by atoms with Gasteiger partial charge in [-0.3, -0.25) is 0 Å². The predicted molar refractivity (Wildman–Crippen MR) is 54.4 cm³/mol. The van der Waals surface area contributed by atoms with E-state index in [2.05, 4.69) is 0 Å². The van der Waals surface area contributed by atoms with Crippen LogP contribution in [-0.2, 0) is 10.2 Å². The summed E-state index contributed by atoms with van der Waals surface area (Å²) in [4.78, 5) is -0.670. The minimum Gasteiger partial charge on any atom is -0.495 e. The molecule has 0 aliphatic rings. The molecule has 0 unspecified atom stereocenters. The van der Waals surface area contributed by atoms with Crippen LogP contribution >= 0.6 is 0 Å². The zero-order valence-corrected chi connectivity index (χ0v) is 9.80. The highest BCUT2D eigenvalue weighted by molar-refractivity contribution is 7.86. The van der Waals surface area contributed by atoms with Gasteiger partial charge in [-0.2, -0.15) is 8.42 Å². The van der Waals surface area contributed by atoms with Gasteiger partial charge in [0.05, 0.1) is 21.3 Å². The van der Waals surface area contributed by atoms with Crippen LogP contribution < -0.4 is 14.2 Å². The summed E-state index contributed by atoms with van der Waals surface area (Å²) in [5.41, 5.74) is 0. The average Bonchev–Trinajstić information content (AvgIpc) is 2.25. The van der Waals surface area contributed by atoms with E-state index in [0.29, 0.717) is 0 Å². The number of hydrogen-bond acceptors (Lipinski definition) is 5. The van der Waals surface area contributed by atoms with Gasteiger partial charge >= 0.3 is 10.2 Å². The molecule has 0 heterocycles. The van der Waals surface area contributed by atoms with E-state index in [1.54, 1.807) is 0 Å². The largest absolute Gasteiger partial charge is 0.495 e. The van der Waals surface area contributed by atoms with E-state index in [1.165, 1.54) is 33.5 Å². The molecule has 0 aromatic heterocycles. The maximum absolute atomic E-state index is 13.1. The summed E-state index contributed by atoms with van der Waals surface area (Å²) >= 11 is 0.